The van der Waals surface area contributed by atoms with Gasteiger partial charge in [0.1, 0.15) is 23.1 Å². The third-order valence-electron chi connectivity index (χ3n) is 2.71. The van der Waals surface area contributed by atoms with Crippen molar-refractivity contribution in [2.75, 3.05) is 5.75 Å². The van der Waals surface area contributed by atoms with Crippen LogP contribution >= 0.6 is 23.4 Å². The molecule has 0 saturated heterocycles. The summed E-state index contributed by atoms with van der Waals surface area (Å²) in [4.78, 5) is 0.927. The molecule has 0 amide bonds. The summed E-state index contributed by atoms with van der Waals surface area (Å²) in [6.45, 7) is 4.02. The highest BCUT2D eigenvalue weighted by Gasteiger charge is 2.11. The molecule has 0 aliphatic carbocycles. The summed E-state index contributed by atoms with van der Waals surface area (Å²) >= 11 is 7.75. The van der Waals surface area contributed by atoms with Crippen LogP contribution in [0.1, 0.15) is 18.1 Å². The van der Waals surface area contributed by atoms with Gasteiger partial charge in [-0.3, -0.25) is 0 Å². The Bertz CT molecular complexity index is 664. The molecule has 2 aromatic rings. The van der Waals surface area contributed by atoms with Gasteiger partial charge in [0.2, 0.25) is 0 Å². The van der Waals surface area contributed by atoms with Crippen LogP contribution in [0.2, 0.25) is 5.02 Å². The zero-order valence-electron chi connectivity index (χ0n) is 11.3. The highest BCUT2D eigenvalue weighted by atomic mass is 35.5. The number of rotatable bonds is 4. The van der Waals surface area contributed by atoms with Gasteiger partial charge in [0.15, 0.2) is 0 Å². The number of halogens is 1. The molecule has 0 aliphatic rings. The number of ether oxygens (including phenoxy) is 1. The van der Waals surface area contributed by atoms with E-state index in [4.69, 9.17) is 16.3 Å². The number of benzene rings is 2. The van der Waals surface area contributed by atoms with Crippen LogP contribution in [0.15, 0.2) is 41.3 Å². The van der Waals surface area contributed by atoms with Gasteiger partial charge >= 0.3 is 0 Å². The van der Waals surface area contributed by atoms with Crippen molar-refractivity contribution in [2.45, 2.75) is 18.7 Å². The SMILES string of the molecule is CCSc1cccc(Oc2cc(C)ccc2Cl)c1C#N. The average molecular weight is 304 g/mol. The molecule has 2 aromatic carbocycles. The zero-order valence-corrected chi connectivity index (χ0v) is 12.9. The van der Waals surface area contributed by atoms with Crippen LogP contribution in [0.4, 0.5) is 0 Å². The van der Waals surface area contributed by atoms with E-state index < -0.39 is 0 Å². The molecule has 0 bridgehead atoms. The van der Waals surface area contributed by atoms with Crippen LogP contribution in [0.5, 0.6) is 11.5 Å². The predicted molar refractivity (Wildman–Crippen MR) is 83.8 cm³/mol. The standard InChI is InChI=1S/C16H14ClNOS/c1-3-20-16-6-4-5-14(12(16)10-18)19-15-9-11(2)7-8-13(15)17/h4-9H,3H2,1-2H3. The summed E-state index contributed by atoms with van der Waals surface area (Å²) in [5.41, 5.74) is 1.61. The molecule has 0 radical (unpaired) electrons. The van der Waals surface area contributed by atoms with Crippen molar-refractivity contribution < 1.29 is 4.74 Å². The number of nitriles is 1. The lowest BCUT2D eigenvalue weighted by molar-refractivity contribution is 0.479. The number of thioether (sulfide) groups is 1. The van der Waals surface area contributed by atoms with Gasteiger partial charge in [-0.1, -0.05) is 30.7 Å². The molecule has 20 heavy (non-hydrogen) atoms. The molecule has 0 aliphatic heterocycles. The lowest BCUT2D eigenvalue weighted by Crippen LogP contribution is -1.92. The van der Waals surface area contributed by atoms with Crippen molar-refractivity contribution in [1.82, 2.24) is 0 Å². The van der Waals surface area contributed by atoms with Crippen molar-refractivity contribution in [3.63, 3.8) is 0 Å². The first-order valence-corrected chi connectivity index (χ1v) is 7.62. The molecule has 0 saturated carbocycles. The second kappa shape index (κ2) is 6.69. The fraction of sp³-hybridized carbons (Fsp3) is 0.188. The third-order valence-corrected chi connectivity index (χ3v) is 3.96. The van der Waals surface area contributed by atoms with Crippen LogP contribution in [-0.2, 0) is 0 Å². The molecule has 0 spiro atoms. The second-order valence-corrected chi connectivity index (χ2v) is 5.92. The van der Waals surface area contributed by atoms with Gasteiger partial charge in [0, 0.05) is 4.90 Å². The van der Waals surface area contributed by atoms with Crippen molar-refractivity contribution in [3.05, 3.63) is 52.5 Å². The Hall–Kier alpha value is -1.63. The minimum Gasteiger partial charge on any atom is -0.454 e. The predicted octanol–water partition coefficient (Wildman–Crippen LogP) is 5.42. The fourth-order valence-electron chi connectivity index (χ4n) is 1.79. The van der Waals surface area contributed by atoms with E-state index in [1.165, 1.54) is 0 Å². The lowest BCUT2D eigenvalue weighted by atomic mass is 10.2. The quantitative estimate of drug-likeness (QED) is 0.707. The normalized spacial score (nSPS) is 10.1. The van der Waals surface area contributed by atoms with E-state index in [1.807, 2.05) is 31.2 Å². The number of aryl methyl sites for hydroxylation is 1. The minimum absolute atomic E-state index is 0.535. The molecule has 0 heterocycles. The lowest BCUT2D eigenvalue weighted by Gasteiger charge is -2.11. The summed E-state index contributed by atoms with van der Waals surface area (Å²) in [6.07, 6.45) is 0. The Morgan fingerprint density at radius 2 is 2.05 bits per heavy atom. The number of hydrogen-bond acceptors (Lipinski definition) is 3. The molecule has 102 valence electrons. The molecule has 4 heteroatoms. The zero-order chi connectivity index (χ0) is 14.5. The highest BCUT2D eigenvalue weighted by molar-refractivity contribution is 7.99. The van der Waals surface area contributed by atoms with Gasteiger partial charge in [-0.25, -0.2) is 0 Å². The van der Waals surface area contributed by atoms with Gasteiger partial charge in [-0.05, 0) is 42.5 Å². The molecule has 0 aromatic heterocycles. The summed E-state index contributed by atoms with van der Waals surface area (Å²) in [7, 11) is 0. The molecule has 0 unspecified atom stereocenters. The van der Waals surface area contributed by atoms with Crippen LogP contribution in [-0.4, -0.2) is 5.75 Å². The highest BCUT2D eigenvalue weighted by Crippen LogP contribution is 2.35. The van der Waals surface area contributed by atoms with E-state index in [9.17, 15) is 5.26 Å². The monoisotopic (exact) mass is 303 g/mol. The van der Waals surface area contributed by atoms with E-state index in [0.717, 1.165) is 16.2 Å². The van der Waals surface area contributed by atoms with E-state index in [-0.39, 0.29) is 0 Å². The van der Waals surface area contributed by atoms with E-state index >= 15 is 0 Å². The van der Waals surface area contributed by atoms with E-state index in [0.29, 0.717) is 22.1 Å². The summed E-state index contributed by atoms with van der Waals surface area (Å²) in [6, 6.07) is 13.4. The van der Waals surface area contributed by atoms with Crippen LogP contribution in [0, 0.1) is 18.3 Å². The number of hydrogen-bond donors (Lipinski definition) is 0. The van der Waals surface area contributed by atoms with Crippen LogP contribution in [0.25, 0.3) is 0 Å². The first-order valence-electron chi connectivity index (χ1n) is 6.25. The Balaban J connectivity index is 2.41. The topological polar surface area (TPSA) is 33.0 Å². The molecule has 0 atom stereocenters. The smallest absolute Gasteiger partial charge is 0.146 e. The van der Waals surface area contributed by atoms with Crippen molar-refractivity contribution >= 4 is 23.4 Å². The van der Waals surface area contributed by atoms with Gasteiger partial charge in [-0.15, -0.1) is 11.8 Å². The minimum atomic E-state index is 0.535. The van der Waals surface area contributed by atoms with Crippen LogP contribution < -0.4 is 4.74 Å². The Labute approximate surface area is 128 Å². The van der Waals surface area contributed by atoms with Gasteiger partial charge < -0.3 is 4.74 Å². The second-order valence-electron chi connectivity index (χ2n) is 4.21. The molecular weight excluding hydrogens is 290 g/mol. The van der Waals surface area contributed by atoms with Crippen LogP contribution in [0.3, 0.4) is 0 Å². The maximum Gasteiger partial charge on any atom is 0.146 e. The Morgan fingerprint density at radius 1 is 1.25 bits per heavy atom. The summed E-state index contributed by atoms with van der Waals surface area (Å²) in [5.74, 6) is 2.02. The van der Waals surface area contributed by atoms with E-state index in [1.54, 1.807) is 23.9 Å². The van der Waals surface area contributed by atoms with Gasteiger partial charge in [-0.2, -0.15) is 5.26 Å². The summed E-state index contributed by atoms with van der Waals surface area (Å²) < 4.78 is 5.83. The Kier molecular flexibility index (Phi) is 4.94. The third kappa shape index (κ3) is 3.27. The first-order chi connectivity index (χ1) is 9.65. The summed E-state index contributed by atoms with van der Waals surface area (Å²) in [5, 5.41) is 9.89. The molecule has 0 fully saturated rings. The van der Waals surface area contributed by atoms with Crippen molar-refractivity contribution in [2.24, 2.45) is 0 Å². The molecular formula is C16H14ClNOS. The maximum absolute atomic E-state index is 9.35. The maximum atomic E-state index is 9.35. The first kappa shape index (κ1) is 14.8. The Morgan fingerprint density at radius 3 is 2.75 bits per heavy atom. The van der Waals surface area contributed by atoms with Crippen molar-refractivity contribution in [3.8, 4) is 17.6 Å². The van der Waals surface area contributed by atoms with E-state index in [2.05, 4.69) is 13.0 Å². The average Bonchev–Trinajstić information content (AvgIpc) is 2.43. The molecule has 0 N–H and O–H groups in total. The fourth-order valence-corrected chi connectivity index (χ4v) is 2.72. The van der Waals surface area contributed by atoms with Gasteiger partial charge in [0.05, 0.1) is 5.02 Å². The van der Waals surface area contributed by atoms with Gasteiger partial charge in [0.25, 0.3) is 0 Å². The van der Waals surface area contributed by atoms with Crippen molar-refractivity contribution in [1.29, 1.82) is 5.26 Å². The number of nitrogens with zero attached hydrogens (tertiary/aromatic N) is 1. The largest absolute Gasteiger partial charge is 0.454 e. The molecule has 2 rings (SSSR count). The molecule has 2 nitrogen and oxygen atoms in total.